The molecule has 0 spiro atoms. The second-order valence-electron chi connectivity index (χ2n) is 10.7. The number of carbonyl (C=O) groups excluding carboxylic acids is 4. The van der Waals surface area contributed by atoms with Gasteiger partial charge >= 0.3 is 24.2 Å². The van der Waals surface area contributed by atoms with Crippen molar-refractivity contribution in [1.29, 1.82) is 0 Å². The van der Waals surface area contributed by atoms with E-state index in [1.807, 2.05) is 34.6 Å². The molecule has 0 fully saturated rings. The van der Waals surface area contributed by atoms with Crippen LogP contribution >= 0.6 is 0 Å². The van der Waals surface area contributed by atoms with Crippen molar-refractivity contribution < 1.29 is 47.6 Å². The van der Waals surface area contributed by atoms with Gasteiger partial charge in [-0.05, 0) is 56.2 Å². The van der Waals surface area contributed by atoms with E-state index in [0.29, 0.717) is 12.0 Å². The summed E-state index contributed by atoms with van der Waals surface area (Å²) in [5.74, 6) is -0.914. The van der Waals surface area contributed by atoms with Gasteiger partial charge in [0.15, 0.2) is 11.5 Å². The standard InChI is InChI=1S/C31H49NO10/c1-8-11-12-13-28(33)39-22(6)23(7)40-29(34)25(32)16-24-14-15-26(41-30(35)37-18-20(4)9-2)27(17-24)42-31(36)38-19-21(5)10-3/h14-15,17,20-23,25H,8-13,16,18-19,32H2,1-7H3/t20?,21?,22?,23-,25-/m0/s1. The Hall–Kier alpha value is -3.34. The highest BCUT2D eigenvalue weighted by molar-refractivity contribution is 5.76. The van der Waals surface area contributed by atoms with Crippen molar-refractivity contribution in [2.45, 2.75) is 112 Å². The van der Waals surface area contributed by atoms with Gasteiger partial charge in [0, 0.05) is 6.42 Å². The van der Waals surface area contributed by atoms with Crippen LogP contribution in [-0.2, 0) is 35.0 Å². The van der Waals surface area contributed by atoms with Crippen LogP contribution in [0.5, 0.6) is 11.5 Å². The first kappa shape index (κ1) is 36.7. The molecule has 0 saturated heterocycles. The molecule has 11 heteroatoms. The van der Waals surface area contributed by atoms with Gasteiger partial charge in [-0.15, -0.1) is 0 Å². The molecule has 0 bridgehead atoms. The first-order chi connectivity index (χ1) is 19.9. The average molecular weight is 596 g/mol. The van der Waals surface area contributed by atoms with Gasteiger partial charge in [-0.25, -0.2) is 9.59 Å². The highest BCUT2D eigenvalue weighted by atomic mass is 16.7. The monoisotopic (exact) mass is 595 g/mol. The van der Waals surface area contributed by atoms with E-state index in [0.717, 1.165) is 32.1 Å². The first-order valence-electron chi connectivity index (χ1n) is 14.9. The summed E-state index contributed by atoms with van der Waals surface area (Å²) in [6.45, 7) is 13.4. The number of hydrogen-bond acceptors (Lipinski definition) is 11. The number of ether oxygens (including phenoxy) is 6. The zero-order valence-corrected chi connectivity index (χ0v) is 26.1. The Kier molecular flexibility index (Phi) is 17.2. The molecule has 0 aliphatic carbocycles. The molecule has 11 nitrogen and oxygen atoms in total. The zero-order valence-electron chi connectivity index (χ0n) is 26.1. The van der Waals surface area contributed by atoms with Crippen LogP contribution in [-0.4, -0.2) is 55.7 Å². The largest absolute Gasteiger partial charge is 0.513 e. The van der Waals surface area contributed by atoms with Crippen LogP contribution in [0.15, 0.2) is 18.2 Å². The van der Waals surface area contributed by atoms with Crippen molar-refractivity contribution in [3.05, 3.63) is 23.8 Å². The van der Waals surface area contributed by atoms with E-state index < -0.39 is 36.5 Å². The lowest BCUT2D eigenvalue weighted by molar-refractivity contribution is -0.166. The highest BCUT2D eigenvalue weighted by Crippen LogP contribution is 2.30. The van der Waals surface area contributed by atoms with E-state index >= 15 is 0 Å². The number of nitrogens with two attached hydrogens (primary N) is 1. The fourth-order valence-corrected chi connectivity index (χ4v) is 3.32. The summed E-state index contributed by atoms with van der Waals surface area (Å²) in [5, 5.41) is 0. The number of rotatable bonds is 18. The topological polar surface area (TPSA) is 150 Å². The van der Waals surface area contributed by atoms with Gasteiger partial charge in [0.2, 0.25) is 0 Å². The van der Waals surface area contributed by atoms with Crippen molar-refractivity contribution in [3.8, 4) is 11.5 Å². The fraction of sp³-hybridized carbons (Fsp3) is 0.677. The van der Waals surface area contributed by atoms with E-state index in [2.05, 4.69) is 0 Å². The molecule has 0 aliphatic heterocycles. The van der Waals surface area contributed by atoms with Crippen LogP contribution < -0.4 is 15.2 Å². The van der Waals surface area contributed by atoms with Crippen LogP contribution in [0.4, 0.5) is 9.59 Å². The average Bonchev–Trinajstić information content (AvgIpc) is 2.95. The van der Waals surface area contributed by atoms with Gasteiger partial charge in [0.05, 0.1) is 13.2 Å². The third-order valence-electron chi connectivity index (χ3n) is 6.78. The molecule has 238 valence electrons. The molecule has 0 amide bonds. The number of carbonyl (C=O) groups is 4. The summed E-state index contributed by atoms with van der Waals surface area (Å²) < 4.78 is 31.7. The molecule has 0 saturated carbocycles. The van der Waals surface area contributed by atoms with Gasteiger partial charge in [-0.3, -0.25) is 9.59 Å². The molecule has 2 N–H and O–H groups in total. The van der Waals surface area contributed by atoms with Crippen LogP contribution in [0.25, 0.3) is 0 Å². The molecular weight excluding hydrogens is 546 g/mol. The Balaban J connectivity index is 2.90. The molecule has 1 rings (SSSR count). The summed E-state index contributed by atoms with van der Waals surface area (Å²) in [6, 6.07) is 3.35. The third-order valence-corrected chi connectivity index (χ3v) is 6.78. The number of benzene rings is 1. The number of hydrogen-bond donors (Lipinski definition) is 1. The Morgan fingerprint density at radius 2 is 1.31 bits per heavy atom. The van der Waals surface area contributed by atoms with E-state index in [1.54, 1.807) is 19.9 Å². The quantitative estimate of drug-likeness (QED) is 0.0904. The molecule has 3 unspecified atom stereocenters. The predicted molar refractivity (Wildman–Crippen MR) is 156 cm³/mol. The van der Waals surface area contributed by atoms with Crippen molar-refractivity contribution >= 4 is 24.2 Å². The summed E-state index contributed by atoms with van der Waals surface area (Å²) in [6.07, 6.45) is 1.35. The lowest BCUT2D eigenvalue weighted by Gasteiger charge is -2.22. The van der Waals surface area contributed by atoms with Crippen LogP contribution in [0.1, 0.15) is 92.6 Å². The minimum Gasteiger partial charge on any atom is -0.459 e. The zero-order chi connectivity index (χ0) is 31.7. The normalized spacial score (nSPS) is 14.5. The van der Waals surface area contributed by atoms with Gasteiger partial charge < -0.3 is 34.2 Å². The maximum atomic E-state index is 12.7. The van der Waals surface area contributed by atoms with Crippen LogP contribution in [0, 0.1) is 11.8 Å². The SMILES string of the molecule is CCCCCC(=O)OC(C)[C@H](C)OC(=O)[C@@H](N)Cc1ccc(OC(=O)OCC(C)CC)c(OC(=O)OCC(C)CC)c1. The van der Waals surface area contributed by atoms with E-state index in [4.69, 9.17) is 34.2 Å². The lowest BCUT2D eigenvalue weighted by atomic mass is 10.1. The fourth-order valence-electron chi connectivity index (χ4n) is 3.32. The molecule has 0 radical (unpaired) electrons. The van der Waals surface area contributed by atoms with E-state index in [9.17, 15) is 19.2 Å². The minimum atomic E-state index is -1.07. The minimum absolute atomic E-state index is 0.0216. The molecule has 42 heavy (non-hydrogen) atoms. The summed E-state index contributed by atoms with van der Waals surface area (Å²) >= 11 is 0. The Morgan fingerprint density at radius 3 is 1.86 bits per heavy atom. The maximum Gasteiger partial charge on any atom is 0.513 e. The highest BCUT2D eigenvalue weighted by Gasteiger charge is 2.25. The molecule has 0 heterocycles. The van der Waals surface area contributed by atoms with Crippen molar-refractivity contribution in [2.24, 2.45) is 17.6 Å². The second-order valence-corrected chi connectivity index (χ2v) is 10.7. The van der Waals surface area contributed by atoms with Gasteiger partial charge in [0.1, 0.15) is 18.2 Å². The molecule has 0 aromatic heterocycles. The van der Waals surface area contributed by atoms with Gasteiger partial charge in [-0.1, -0.05) is 66.4 Å². The molecule has 1 aromatic rings. The van der Waals surface area contributed by atoms with Crippen LogP contribution in [0.3, 0.4) is 0 Å². The smallest absolute Gasteiger partial charge is 0.459 e. The Labute approximate surface area is 249 Å². The first-order valence-corrected chi connectivity index (χ1v) is 14.9. The molecular formula is C31H49NO10. The summed E-state index contributed by atoms with van der Waals surface area (Å²) in [5.41, 5.74) is 6.61. The predicted octanol–water partition coefficient (Wildman–Crippen LogP) is 6.12. The van der Waals surface area contributed by atoms with Crippen molar-refractivity contribution in [2.75, 3.05) is 13.2 Å². The van der Waals surface area contributed by atoms with Gasteiger partial charge in [0.25, 0.3) is 0 Å². The molecule has 0 aliphatic rings. The Bertz CT molecular complexity index is 998. The van der Waals surface area contributed by atoms with E-state index in [-0.39, 0.29) is 48.9 Å². The van der Waals surface area contributed by atoms with Crippen LogP contribution in [0.2, 0.25) is 0 Å². The third kappa shape index (κ3) is 14.5. The summed E-state index contributed by atoms with van der Waals surface area (Å²) in [4.78, 5) is 49.3. The number of unbranched alkanes of at least 4 members (excludes halogenated alkanes) is 2. The Morgan fingerprint density at radius 1 is 0.762 bits per heavy atom. The summed E-state index contributed by atoms with van der Waals surface area (Å²) in [7, 11) is 0. The van der Waals surface area contributed by atoms with Crippen molar-refractivity contribution in [3.63, 3.8) is 0 Å². The second kappa shape index (κ2) is 19.7. The lowest BCUT2D eigenvalue weighted by Crippen LogP contribution is -2.39. The molecule has 5 atom stereocenters. The van der Waals surface area contributed by atoms with Crippen molar-refractivity contribution in [1.82, 2.24) is 0 Å². The van der Waals surface area contributed by atoms with E-state index in [1.165, 1.54) is 12.1 Å². The maximum absolute atomic E-state index is 12.7. The molecule has 1 aromatic carbocycles. The van der Waals surface area contributed by atoms with Gasteiger partial charge in [-0.2, -0.15) is 0 Å². The number of esters is 2.